The average molecular weight is 161 g/mol. The van der Waals surface area contributed by atoms with E-state index in [1.54, 1.807) is 0 Å². The van der Waals surface area contributed by atoms with Gasteiger partial charge in [0.2, 0.25) is 0 Å². The van der Waals surface area contributed by atoms with E-state index in [4.69, 9.17) is 5.73 Å². The van der Waals surface area contributed by atoms with Crippen LogP contribution in [0.25, 0.3) is 6.08 Å². The highest BCUT2D eigenvalue weighted by Gasteiger charge is 1.91. The summed E-state index contributed by atoms with van der Waals surface area (Å²) < 4.78 is 0. The Bertz CT molecular complexity index is 287. The number of nitrogens with two attached hydrogens (primary N) is 1. The summed E-state index contributed by atoms with van der Waals surface area (Å²) >= 11 is 0. The zero-order valence-electron chi connectivity index (χ0n) is 7.67. The van der Waals surface area contributed by atoms with Crippen LogP contribution in [-0.4, -0.2) is 6.54 Å². The molecule has 0 saturated carbocycles. The van der Waals surface area contributed by atoms with Gasteiger partial charge in [0, 0.05) is 6.54 Å². The first kappa shape index (κ1) is 9.01. The lowest BCUT2D eigenvalue weighted by molar-refractivity contribution is 1.26. The summed E-state index contributed by atoms with van der Waals surface area (Å²) in [4.78, 5) is 0. The van der Waals surface area contributed by atoms with Gasteiger partial charge in [0.1, 0.15) is 0 Å². The Kier molecular flexibility index (Phi) is 3.06. The first-order valence-electron chi connectivity index (χ1n) is 4.18. The predicted molar refractivity (Wildman–Crippen MR) is 54.0 cm³/mol. The van der Waals surface area contributed by atoms with E-state index in [9.17, 15) is 0 Å². The summed E-state index contributed by atoms with van der Waals surface area (Å²) in [6, 6.07) is 6.40. The lowest BCUT2D eigenvalue weighted by Gasteiger charge is -2.00. The minimum Gasteiger partial charge on any atom is -0.327 e. The smallest absolute Gasteiger partial charge is 0.0110 e. The molecule has 0 aliphatic heterocycles. The van der Waals surface area contributed by atoms with Crippen LogP contribution in [0.4, 0.5) is 0 Å². The van der Waals surface area contributed by atoms with Crippen LogP contribution in [0.5, 0.6) is 0 Å². The number of hydrogen-bond acceptors (Lipinski definition) is 1. The Morgan fingerprint density at radius 3 is 2.58 bits per heavy atom. The molecule has 64 valence electrons. The van der Waals surface area contributed by atoms with Crippen LogP contribution in [0.15, 0.2) is 24.3 Å². The van der Waals surface area contributed by atoms with Gasteiger partial charge in [0.25, 0.3) is 0 Å². The van der Waals surface area contributed by atoms with Crippen LogP contribution in [-0.2, 0) is 0 Å². The zero-order valence-corrected chi connectivity index (χ0v) is 7.67. The molecular formula is C11H15N. The lowest BCUT2D eigenvalue weighted by Crippen LogP contribution is -1.92. The SMILES string of the molecule is Cc1ccc(/C=C/CN)cc1C. The molecule has 0 aromatic heterocycles. The van der Waals surface area contributed by atoms with E-state index in [1.807, 2.05) is 12.2 Å². The normalized spacial score (nSPS) is 10.9. The summed E-state index contributed by atoms with van der Waals surface area (Å²) in [7, 11) is 0. The molecule has 2 N–H and O–H groups in total. The average Bonchev–Trinajstić information content (AvgIpc) is 2.07. The van der Waals surface area contributed by atoms with E-state index in [2.05, 4.69) is 32.0 Å². The number of rotatable bonds is 2. The van der Waals surface area contributed by atoms with Crippen LogP contribution < -0.4 is 5.73 Å². The Labute approximate surface area is 73.9 Å². The first-order valence-corrected chi connectivity index (χ1v) is 4.18. The molecule has 0 aliphatic carbocycles. The molecule has 0 spiro atoms. The molecule has 1 nitrogen and oxygen atoms in total. The van der Waals surface area contributed by atoms with Crippen LogP contribution in [0, 0.1) is 13.8 Å². The van der Waals surface area contributed by atoms with Crippen LogP contribution in [0.1, 0.15) is 16.7 Å². The Balaban J connectivity index is 2.89. The Morgan fingerprint density at radius 2 is 2.00 bits per heavy atom. The van der Waals surface area contributed by atoms with Gasteiger partial charge in [-0.05, 0) is 30.5 Å². The van der Waals surface area contributed by atoms with Crippen LogP contribution >= 0.6 is 0 Å². The van der Waals surface area contributed by atoms with Gasteiger partial charge in [0.05, 0.1) is 0 Å². The molecule has 0 saturated heterocycles. The highest BCUT2D eigenvalue weighted by atomic mass is 14.5. The standard InChI is InChI=1S/C11H15N/c1-9-5-6-11(4-3-7-12)8-10(9)2/h3-6,8H,7,12H2,1-2H3/b4-3+. The summed E-state index contributed by atoms with van der Waals surface area (Å²) in [5.41, 5.74) is 9.24. The van der Waals surface area contributed by atoms with E-state index in [-0.39, 0.29) is 0 Å². The topological polar surface area (TPSA) is 26.0 Å². The fourth-order valence-electron chi connectivity index (χ4n) is 1.07. The number of aryl methyl sites for hydroxylation is 2. The molecule has 0 radical (unpaired) electrons. The summed E-state index contributed by atoms with van der Waals surface area (Å²) in [6.45, 7) is 4.84. The highest BCUT2D eigenvalue weighted by Crippen LogP contribution is 2.10. The van der Waals surface area contributed by atoms with Gasteiger partial charge in [-0.15, -0.1) is 0 Å². The molecule has 0 fully saturated rings. The van der Waals surface area contributed by atoms with Crippen molar-refractivity contribution in [2.24, 2.45) is 5.73 Å². The van der Waals surface area contributed by atoms with Crippen molar-refractivity contribution in [3.05, 3.63) is 41.0 Å². The summed E-state index contributed by atoms with van der Waals surface area (Å²) in [5, 5.41) is 0. The third-order valence-corrected chi connectivity index (χ3v) is 1.98. The van der Waals surface area contributed by atoms with Gasteiger partial charge in [0.15, 0.2) is 0 Å². The molecule has 0 heterocycles. The third kappa shape index (κ3) is 2.21. The van der Waals surface area contributed by atoms with Crippen LogP contribution in [0.3, 0.4) is 0 Å². The van der Waals surface area contributed by atoms with E-state index >= 15 is 0 Å². The molecule has 0 aliphatic rings. The van der Waals surface area contributed by atoms with Crippen molar-refractivity contribution in [3.63, 3.8) is 0 Å². The van der Waals surface area contributed by atoms with Gasteiger partial charge in [-0.25, -0.2) is 0 Å². The van der Waals surface area contributed by atoms with Gasteiger partial charge in [-0.1, -0.05) is 30.4 Å². The molecule has 0 bridgehead atoms. The minimum atomic E-state index is 0.604. The fourth-order valence-corrected chi connectivity index (χ4v) is 1.07. The fraction of sp³-hybridized carbons (Fsp3) is 0.273. The molecule has 0 unspecified atom stereocenters. The molecule has 12 heavy (non-hydrogen) atoms. The van der Waals surface area contributed by atoms with Crippen LogP contribution in [0.2, 0.25) is 0 Å². The van der Waals surface area contributed by atoms with Crippen molar-refractivity contribution in [3.8, 4) is 0 Å². The second-order valence-electron chi connectivity index (χ2n) is 2.98. The highest BCUT2D eigenvalue weighted by molar-refractivity contribution is 5.51. The second kappa shape index (κ2) is 4.07. The minimum absolute atomic E-state index is 0.604. The molecule has 1 rings (SSSR count). The van der Waals surface area contributed by atoms with E-state index in [0.717, 1.165) is 0 Å². The zero-order chi connectivity index (χ0) is 8.97. The quantitative estimate of drug-likeness (QED) is 0.707. The molecule has 1 aromatic carbocycles. The molecule has 0 atom stereocenters. The van der Waals surface area contributed by atoms with Gasteiger partial charge < -0.3 is 5.73 Å². The van der Waals surface area contributed by atoms with Crippen molar-refractivity contribution >= 4 is 6.08 Å². The third-order valence-electron chi connectivity index (χ3n) is 1.98. The molecular weight excluding hydrogens is 146 g/mol. The maximum Gasteiger partial charge on any atom is 0.0110 e. The lowest BCUT2D eigenvalue weighted by atomic mass is 10.1. The maximum absolute atomic E-state index is 5.36. The predicted octanol–water partition coefficient (Wildman–Crippen LogP) is 2.28. The largest absolute Gasteiger partial charge is 0.327 e. The van der Waals surface area contributed by atoms with Gasteiger partial charge >= 0.3 is 0 Å². The molecule has 1 aromatic rings. The van der Waals surface area contributed by atoms with E-state index in [1.165, 1.54) is 16.7 Å². The summed E-state index contributed by atoms with van der Waals surface area (Å²) in [5.74, 6) is 0. The van der Waals surface area contributed by atoms with Crippen molar-refractivity contribution in [2.45, 2.75) is 13.8 Å². The molecule has 1 heteroatoms. The first-order chi connectivity index (χ1) is 5.74. The van der Waals surface area contributed by atoms with E-state index < -0.39 is 0 Å². The number of hydrogen-bond donors (Lipinski definition) is 1. The maximum atomic E-state index is 5.36. The van der Waals surface area contributed by atoms with E-state index in [0.29, 0.717) is 6.54 Å². The second-order valence-corrected chi connectivity index (χ2v) is 2.98. The summed E-state index contributed by atoms with van der Waals surface area (Å²) in [6.07, 6.45) is 4.01. The number of benzene rings is 1. The van der Waals surface area contributed by atoms with Crippen molar-refractivity contribution in [1.29, 1.82) is 0 Å². The van der Waals surface area contributed by atoms with Crippen molar-refractivity contribution in [1.82, 2.24) is 0 Å². The van der Waals surface area contributed by atoms with Crippen molar-refractivity contribution < 1.29 is 0 Å². The van der Waals surface area contributed by atoms with Crippen molar-refractivity contribution in [2.75, 3.05) is 6.54 Å². The molecule has 0 amide bonds. The van der Waals surface area contributed by atoms with Gasteiger partial charge in [-0.3, -0.25) is 0 Å². The van der Waals surface area contributed by atoms with Gasteiger partial charge in [-0.2, -0.15) is 0 Å². The Hall–Kier alpha value is -1.08. The Morgan fingerprint density at radius 1 is 1.25 bits per heavy atom. The monoisotopic (exact) mass is 161 g/mol.